The van der Waals surface area contributed by atoms with Gasteiger partial charge in [0.1, 0.15) is 11.3 Å². The van der Waals surface area contributed by atoms with Crippen LogP contribution in [0.3, 0.4) is 0 Å². The van der Waals surface area contributed by atoms with Crippen molar-refractivity contribution in [2.75, 3.05) is 14.1 Å². The second kappa shape index (κ2) is 7.28. The average Bonchev–Trinajstić information content (AvgIpc) is 2.62. The Morgan fingerprint density at radius 3 is 2.74 bits per heavy atom. The zero-order chi connectivity index (χ0) is 19.6. The monoisotopic (exact) mass is 367 g/mol. The first-order chi connectivity index (χ1) is 12.8. The fourth-order valence-electron chi connectivity index (χ4n) is 2.42. The minimum Gasteiger partial charge on any atom is -0.422 e. The van der Waals surface area contributed by atoms with E-state index in [0.717, 1.165) is 0 Å². The molecule has 137 valence electrons. The van der Waals surface area contributed by atoms with E-state index in [-0.39, 0.29) is 29.0 Å². The normalized spacial score (nSPS) is 10.6. The van der Waals surface area contributed by atoms with E-state index in [1.165, 1.54) is 23.1 Å². The van der Waals surface area contributed by atoms with Crippen molar-refractivity contribution in [3.05, 3.63) is 80.2 Å². The number of amides is 1. The van der Waals surface area contributed by atoms with E-state index in [2.05, 4.69) is 6.07 Å². The molecule has 0 aliphatic heterocycles. The zero-order valence-electron chi connectivity index (χ0n) is 14.6. The van der Waals surface area contributed by atoms with Crippen LogP contribution in [0.1, 0.15) is 11.1 Å². The number of rotatable bonds is 4. The minimum absolute atomic E-state index is 0.0509. The number of benzene rings is 2. The largest absolute Gasteiger partial charge is 0.422 e. The van der Waals surface area contributed by atoms with Gasteiger partial charge in [0, 0.05) is 50.2 Å². The van der Waals surface area contributed by atoms with Crippen LogP contribution in [-0.2, 0) is 6.42 Å². The molecule has 0 N–H and O–H groups in total. The summed E-state index contributed by atoms with van der Waals surface area (Å²) in [4.78, 5) is 35.5. The highest BCUT2D eigenvalue weighted by atomic mass is 16.6. The molecule has 0 saturated carbocycles. The molecule has 3 aromatic rings. The second-order valence-corrected chi connectivity index (χ2v) is 6.02. The Hall–Kier alpha value is -3.68. The van der Waals surface area contributed by atoms with Crippen LogP contribution in [0.15, 0.2) is 51.7 Å². The molecule has 1 radical (unpaired) electrons. The fraction of sp³-hybridized carbons (Fsp3) is 0.158. The van der Waals surface area contributed by atoms with Crippen molar-refractivity contribution in [1.29, 1.82) is 0 Å². The maximum Gasteiger partial charge on any atom is 0.414 e. The maximum atomic E-state index is 12.3. The lowest BCUT2D eigenvalue weighted by Gasteiger charge is -2.10. The molecule has 0 spiro atoms. The number of nitrogens with zero attached hydrogens (tertiary/aromatic N) is 2. The lowest BCUT2D eigenvalue weighted by Crippen LogP contribution is -2.25. The summed E-state index contributed by atoms with van der Waals surface area (Å²) in [7, 11) is 3.11. The van der Waals surface area contributed by atoms with Gasteiger partial charge in [0.15, 0.2) is 0 Å². The van der Waals surface area contributed by atoms with E-state index >= 15 is 0 Å². The average molecular weight is 367 g/mol. The van der Waals surface area contributed by atoms with Crippen LogP contribution in [0.5, 0.6) is 5.75 Å². The summed E-state index contributed by atoms with van der Waals surface area (Å²) < 4.78 is 10.4. The van der Waals surface area contributed by atoms with Crippen LogP contribution in [0.4, 0.5) is 10.5 Å². The highest BCUT2D eigenvalue weighted by molar-refractivity contribution is 5.79. The van der Waals surface area contributed by atoms with Gasteiger partial charge in [0.05, 0.1) is 10.5 Å². The van der Waals surface area contributed by atoms with Gasteiger partial charge in [0.2, 0.25) is 0 Å². The van der Waals surface area contributed by atoms with Crippen LogP contribution in [-0.4, -0.2) is 30.0 Å². The first-order valence-electron chi connectivity index (χ1n) is 7.95. The molecule has 27 heavy (non-hydrogen) atoms. The summed E-state index contributed by atoms with van der Waals surface area (Å²) in [5, 5.41) is 11.4. The molecule has 0 aliphatic carbocycles. The molecule has 2 aromatic carbocycles. The molecule has 8 heteroatoms. The molecule has 1 amide bonds. The smallest absolute Gasteiger partial charge is 0.414 e. The second-order valence-electron chi connectivity index (χ2n) is 6.02. The number of fused-ring (bicyclic) bond motifs is 1. The topological polar surface area (TPSA) is 103 Å². The Labute approximate surface area is 153 Å². The van der Waals surface area contributed by atoms with Crippen molar-refractivity contribution in [2.45, 2.75) is 6.42 Å². The Morgan fingerprint density at radius 1 is 1.26 bits per heavy atom. The Bertz CT molecular complexity index is 1090. The molecule has 0 fully saturated rings. The molecule has 3 rings (SSSR count). The van der Waals surface area contributed by atoms with Gasteiger partial charge in [-0.25, -0.2) is 9.59 Å². The number of carbonyl (C=O) groups is 1. The number of ether oxygens (including phenoxy) is 1. The van der Waals surface area contributed by atoms with E-state index in [1.807, 2.05) is 0 Å². The molecule has 1 heterocycles. The van der Waals surface area contributed by atoms with Gasteiger partial charge < -0.3 is 14.1 Å². The summed E-state index contributed by atoms with van der Waals surface area (Å²) in [6.45, 7) is 0. The molecule has 8 nitrogen and oxygen atoms in total. The summed E-state index contributed by atoms with van der Waals surface area (Å²) in [5.41, 5.74) is 0.423. The lowest BCUT2D eigenvalue weighted by atomic mass is 10.0. The van der Waals surface area contributed by atoms with Crippen molar-refractivity contribution < 1.29 is 18.9 Å². The molecule has 0 atom stereocenters. The third-order valence-corrected chi connectivity index (χ3v) is 3.76. The Balaban J connectivity index is 1.91. The first-order valence-corrected chi connectivity index (χ1v) is 7.95. The number of non-ortho nitro benzene ring substituents is 1. The zero-order valence-corrected chi connectivity index (χ0v) is 14.6. The minimum atomic E-state index is -0.606. The van der Waals surface area contributed by atoms with Gasteiger partial charge in [0.25, 0.3) is 5.69 Å². The van der Waals surface area contributed by atoms with Crippen LogP contribution in [0.25, 0.3) is 11.0 Å². The van der Waals surface area contributed by atoms with Gasteiger partial charge in [-0.05, 0) is 17.7 Å². The highest BCUT2D eigenvalue weighted by Crippen LogP contribution is 2.22. The van der Waals surface area contributed by atoms with E-state index in [1.54, 1.807) is 38.4 Å². The highest BCUT2D eigenvalue weighted by Gasteiger charge is 2.12. The van der Waals surface area contributed by atoms with Crippen molar-refractivity contribution in [1.82, 2.24) is 4.90 Å². The van der Waals surface area contributed by atoms with Gasteiger partial charge in [-0.3, -0.25) is 10.1 Å². The maximum absolute atomic E-state index is 12.3. The van der Waals surface area contributed by atoms with E-state index in [9.17, 15) is 19.7 Å². The molecule has 1 aromatic heterocycles. The summed E-state index contributed by atoms with van der Waals surface area (Å²) in [6.07, 6.45) is -0.403. The Morgan fingerprint density at radius 2 is 2.04 bits per heavy atom. The van der Waals surface area contributed by atoms with Crippen molar-refractivity contribution in [2.24, 2.45) is 0 Å². The van der Waals surface area contributed by atoms with Crippen LogP contribution in [0.2, 0.25) is 0 Å². The predicted molar refractivity (Wildman–Crippen MR) is 96.9 cm³/mol. The molecular weight excluding hydrogens is 352 g/mol. The fourth-order valence-corrected chi connectivity index (χ4v) is 2.42. The summed E-state index contributed by atoms with van der Waals surface area (Å²) in [6, 6.07) is 13.6. The predicted octanol–water partition coefficient (Wildman–Crippen LogP) is 3.15. The van der Waals surface area contributed by atoms with Crippen LogP contribution in [0, 0.1) is 16.2 Å². The van der Waals surface area contributed by atoms with Gasteiger partial charge >= 0.3 is 11.7 Å². The number of hydrogen-bond donors (Lipinski definition) is 0. The lowest BCUT2D eigenvalue weighted by molar-refractivity contribution is -0.384. The van der Waals surface area contributed by atoms with Gasteiger partial charge in [-0.2, -0.15) is 0 Å². The van der Waals surface area contributed by atoms with Crippen LogP contribution < -0.4 is 10.4 Å². The Kier molecular flexibility index (Phi) is 4.89. The van der Waals surface area contributed by atoms with E-state index in [0.29, 0.717) is 10.9 Å². The number of nitro benzene ring substituents is 1. The van der Waals surface area contributed by atoms with E-state index in [4.69, 9.17) is 9.15 Å². The van der Waals surface area contributed by atoms with Gasteiger partial charge in [-0.1, -0.05) is 12.1 Å². The molecule has 0 aliphatic rings. The van der Waals surface area contributed by atoms with Gasteiger partial charge in [-0.15, -0.1) is 0 Å². The third kappa shape index (κ3) is 4.12. The van der Waals surface area contributed by atoms with Crippen LogP contribution >= 0.6 is 0 Å². The number of carbonyl (C=O) groups excluding carboxylic acids is 1. The quantitative estimate of drug-likeness (QED) is 0.399. The standard InChI is InChI=1S/C19H15N2O6/c1-20(2)19(23)26-16-7-6-13-10-14(18(22)27-17(13)11-16)8-12-4-3-5-15(9-12)21(24)25/h3-7,9,11H,8H2,1-2H3. The number of nitro groups is 1. The molecular formula is C19H15N2O6. The van der Waals surface area contributed by atoms with Crippen molar-refractivity contribution >= 4 is 22.7 Å². The molecule has 0 bridgehead atoms. The first kappa shape index (κ1) is 18.1. The van der Waals surface area contributed by atoms with Crippen molar-refractivity contribution in [3.63, 3.8) is 0 Å². The van der Waals surface area contributed by atoms with E-state index < -0.39 is 16.6 Å². The summed E-state index contributed by atoms with van der Waals surface area (Å²) in [5.74, 6) is 0.240. The SMILES string of the molecule is CN(C)C(=O)Oc1ccc2[c]c(Cc3cccc([N+](=O)[O-])c3)c(=O)oc2c1. The molecule has 0 saturated heterocycles. The molecule has 0 unspecified atom stereocenters. The summed E-state index contributed by atoms with van der Waals surface area (Å²) >= 11 is 0. The third-order valence-electron chi connectivity index (χ3n) is 3.76. The number of hydrogen-bond acceptors (Lipinski definition) is 6. The van der Waals surface area contributed by atoms with Crippen molar-refractivity contribution in [3.8, 4) is 5.75 Å².